The Bertz CT molecular complexity index is 636. The molecule has 0 fully saturated rings. The zero-order chi connectivity index (χ0) is 14.5. The first-order valence-electron chi connectivity index (χ1n) is 5.89. The first kappa shape index (κ1) is 14.2. The van der Waals surface area contributed by atoms with Crippen LogP contribution < -0.4 is 9.47 Å². The average molecular weight is 290 g/mol. The van der Waals surface area contributed by atoms with Gasteiger partial charge in [0.15, 0.2) is 5.82 Å². The van der Waals surface area contributed by atoms with Crippen LogP contribution in [0.3, 0.4) is 0 Å². The minimum atomic E-state index is -0.198. The molecule has 0 aliphatic carbocycles. The zero-order valence-corrected chi connectivity index (χ0v) is 12.2. The van der Waals surface area contributed by atoms with Crippen molar-refractivity contribution < 1.29 is 9.47 Å². The molecule has 0 bridgehead atoms. The molecule has 1 aromatic heterocycles. The first-order valence-corrected chi connectivity index (χ1v) is 6.77. The maximum absolute atomic E-state index is 8.79. The highest BCUT2D eigenvalue weighted by atomic mass is 32.2. The summed E-state index contributed by atoms with van der Waals surface area (Å²) in [5.74, 6) is 1.94. The molecule has 0 radical (unpaired) electrons. The number of thioether (sulfide) groups is 1. The molecule has 1 aromatic carbocycles. The quantitative estimate of drug-likeness (QED) is 0.852. The van der Waals surface area contributed by atoms with Gasteiger partial charge in [0.1, 0.15) is 11.5 Å². The van der Waals surface area contributed by atoms with Crippen molar-refractivity contribution >= 4 is 11.8 Å². The Morgan fingerprint density at radius 1 is 1.35 bits per heavy atom. The summed E-state index contributed by atoms with van der Waals surface area (Å²) in [6.07, 6.45) is 0. The molecule has 0 spiro atoms. The van der Waals surface area contributed by atoms with Crippen LogP contribution in [0.15, 0.2) is 23.4 Å². The van der Waals surface area contributed by atoms with Crippen LogP contribution in [0.4, 0.5) is 0 Å². The SMILES string of the molecule is COc1ccc(-c2nc(S[C@@H](C)C#N)n[nH]2)c(OC)c1. The number of rotatable bonds is 5. The summed E-state index contributed by atoms with van der Waals surface area (Å²) >= 11 is 1.30. The summed E-state index contributed by atoms with van der Waals surface area (Å²) in [6.45, 7) is 1.80. The summed E-state index contributed by atoms with van der Waals surface area (Å²) in [4.78, 5) is 4.36. The minimum absolute atomic E-state index is 0.198. The molecule has 6 nitrogen and oxygen atoms in total. The van der Waals surface area contributed by atoms with E-state index in [2.05, 4.69) is 21.3 Å². The lowest BCUT2D eigenvalue weighted by molar-refractivity contribution is 0.395. The third kappa shape index (κ3) is 3.03. The standard InChI is InChI=1S/C13H14N4O2S/c1-8(7-14)20-13-15-12(16-17-13)10-5-4-9(18-2)6-11(10)19-3/h4-6,8H,1-3H3,(H,15,16,17)/t8-/m0/s1. The van der Waals surface area contributed by atoms with Crippen LogP contribution in [0.25, 0.3) is 11.4 Å². The van der Waals surface area contributed by atoms with Crippen LogP contribution in [-0.2, 0) is 0 Å². The fraction of sp³-hybridized carbons (Fsp3) is 0.308. The van der Waals surface area contributed by atoms with Crippen LogP contribution in [-0.4, -0.2) is 34.7 Å². The Hall–Kier alpha value is -2.20. The molecule has 7 heteroatoms. The van der Waals surface area contributed by atoms with Crippen molar-refractivity contribution in [2.45, 2.75) is 17.3 Å². The lowest BCUT2D eigenvalue weighted by Crippen LogP contribution is -1.92. The largest absolute Gasteiger partial charge is 0.497 e. The Kier molecular flexibility index (Phi) is 4.48. The van der Waals surface area contributed by atoms with Crippen LogP contribution >= 0.6 is 11.8 Å². The summed E-state index contributed by atoms with van der Waals surface area (Å²) < 4.78 is 10.5. The van der Waals surface area contributed by atoms with E-state index in [0.717, 1.165) is 5.56 Å². The summed E-state index contributed by atoms with van der Waals surface area (Å²) in [6, 6.07) is 7.58. The number of nitrogens with one attached hydrogen (secondary N) is 1. The van der Waals surface area contributed by atoms with Crippen LogP contribution in [0, 0.1) is 11.3 Å². The number of benzene rings is 1. The van der Waals surface area contributed by atoms with E-state index in [1.54, 1.807) is 27.2 Å². The fourth-order valence-corrected chi connectivity index (χ4v) is 2.21. The van der Waals surface area contributed by atoms with Gasteiger partial charge in [-0.3, -0.25) is 5.10 Å². The first-order chi connectivity index (χ1) is 9.67. The van der Waals surface area contributed by atoms with Crippen LogP contribution in [0.1, 0.15) is 6.92 Å². The van der Waals surface area contributed by atoms with Gasteiger partial charge in [0.05, 0.1) is 31.1 Å². The number of hydrogen-bond acceptors (Lipinski definition) is 6. The average Bonchev–Trinajstić information content (AvgIpc) is 2.94. The van der Waals surface area contributed by atoms with E-state index in [9.17, 15) is 0 Å². The number of hydrogen-bond donors (Lipinski definition) is 1. The lowest BCUT2D eigenvalue weighted by Gasteiger charge is -2.07. The van der Waals surface area contributed by atoms with Crippen molar-refractivity contribution in [3.63, 3.8) is 0 Å². The van der Waals surface area contributed by atoms with Crippen molar-refractivity contribution in [3.8, 4) is 29.0 Å². The molecule has 1 heterocycles. The Morgan fingerprint density at radius 2 is 2.15 bits per heavy atom. The normalized spacial score (nSPS) is 11.7. The molecule has 0 amide bonds. The summed E-state index contributed by atoms with van der Waals surface area (Å²) in [7, 11) is 3.18. The summed E-state index contributed by atoms with van der Waals surface area (Å²) in [5.41, 5.74) is 0.789. The van der Waals surface area contributed by atoms with E-state index in [1.807, 2.05) is 12.1 Å². The van der Waals surface area contributed by atoms with Crippen LogP contribution in [0.5, 0.6) is 11.5 Å². The third-order valence-electron chi connectivity index (χ3n) is 2.59. The van der Waals surface area contributed by atoms with Gasteiger partial charge in [0.25, 0.3) is 0 Å². The number of nitriles is 1. The number of aromatic amines is 1. The monoisotopic (exact) mass is 290 g/mol. The van der Waals surface area contributed by atoms with Gasteiger partial charge in [-0.1, -0.05) is 11.8 Å². The molecule has 0 aliphatic rings. The number of methoxy groups -OCH3 is 2. The van der Waals surface area contributed by atoms with E-state index in [0.29, 0.717) is 22.5 Å². The van der Waals surface area contributed by atoms with Crippen molar-refractivity contribution in [2.75, 3.05) is 14.2 Å². The smallest absolute Gasteiger partial charge is 0.210 e. The predicted molar refractivity (Wildman–Crippen MR) is 75.9 cm³/mol. The fourth-order valence-electron chi connectivity index (χ4n) is 1.60. The van der Waals surface area contributed by atoms with E-state index >= 15 is 0 Å². The number of H-pyrrole nitrogens is 1. The van der Waals surface area contributed by atoms with Gasteiger partial charge in [-0.05, 0) is 19.1 Å². The van der Waals surface area contributed by atoms with E-state index in [-0.39, 0.29) is 5.25 Å². The topological polar surface area (TPSA) is 83.8 Å². The van der Waals surface area contributed by atoms with Gasteiger partial charge >= 0.3 is 0 Å². The predicted octanol–water partition coefficient (Wildman–Crippen LogP) is 2.49. The highest BCUT2D eigenvalue weighted by Crippen LogP contribution is 2.32. The Labute approximate surface area is 121 Å². The molecule has 0 aliphatic heterocycles. The highest BCUT2D eigenvalue weighted by molar-refractivity contribution is 8.00. The van der Waals surface area contributed by atoms with Gasteiger partial charge < -0.3 is 9.47 Å². The second-order valence-electron chi connectivity index (χ2n) is 3.92. The molecular weight excluding hydrogens is 276 g/mol. The molecule has 2 aromatic rings. The van der Waals surface area contributed by atoms with Crippen molar-refractivity contribution in [1.29, 1.82) is 5.26 Å². The second kappa shape index (κ2) is 6.30. The van der Waals surface area contributed by atoms with Crippen molar-refractivity contribution in [2.24, 2.45) is 0 Å². The van der Waals surface area contributed by atoms with Crippen molar-refractivity contribution in [3.05, 3.63) is 18.2 Å². The van der Waals surface area contributed by atoms with Crippen molar-refractivity contribution in [1.82, 2.24) is 15.2 Å². The highest BCUT2D eigenvalue weighted by Gasteiger charge is 2.13. The lowest BCUT2D eigenvalue weighted by atomic mass is 10.2. The molecule has 104 valence electrons. The number of nitrogens with zero attached hydrogens (tertiary/aromatic N) is 3. The minimum Gasteiger partial charge on any atom is -0.497 e. The van der Waals surface area contributed by atoms with E-state index in [1.165, 1.54) is 11.8 Å². The second-order valence-corrected chi connectivity index (χ2v) is 5.23. The third-order valence-corrected chi connectivity index (χ3v) is 3.45. The van der Waals surface area contributed by atoms with Crippen LogP contribution in [0.2, 0.25) is 0 Å². The van der Waals surface area contributed by atoms with Gasteiger partial charge in [-0.2, -0.15) is 5.26 Å². The Balaban J connectivity index is 2.30. The van der Waals surface area contributed by atoms with Gasteiger partial charge in [0.2, 0.25) is 5.16 Å². The Morgan fingerprint density at radius 3 is 2.80 bits per heavy atom. The molecule has 2 rings (SSSR count). The van der Waals surface area contributed by atoms with Gasteiger partial charge in [-0.15, -0.1) is 5.10 Å². The van der Waals surface area contributed by atoms with E-state index < -0.39 is 0 Å². The maximum Gasteiger partial charge on any atom is 0.210 e. The number of ether oxygens (including phenoxy) is 2. The maximum atomic E-state index is 8.79. The molecule has 0 saturated carbocycles. The molecule has 1 N–H and O–H groups in total. The number of aromatic nitrogens is 3. The molecule has 1 atom stereocenters. The van der Waals surface area contributed by atoms with Gasteiger partial charge in [-0.25, -0.2) is 4.98 Å². The molecule has 0 saturated heterocycles. The molecule has 20 heavy (non-hydrogen) atoms. The zero-order valence-electron chi connectivity index (χ0n) is 11.4. The molecule has 0 unspecified atom stereocenters. The molecular formula is C13H14N4O2S. The summed E-state index contributed by atoms with van der Waals surface area (Å²) in [5, 5.41) is 16.1. The van der Waals surface area contributed by atoms with Gasteiger partial charge in [0, 0.05) is 6.07 Å². The van der Waals surface area contributed by atoms with E-state index in [4.69, 9.17) is 14.7 Å².